The molecule has 1 aromatic rings. The van der Waals surface area contributed by atoms with Crippen LogP contribution in [0.3, 0.4) is 0 Å². The van der Waals surface area contributed by atoms with E-state index in [1.807, 2.05) is 20.8 Å². The van der Waals surface area contributed by atoms with E-state index in [1.54, 1.807) is 6.92 Å². The van der Waals surface area contributed by atoms with Gasteiger partial charge in [0.05, 0.1) is 11.5 Å². The highest BCUT2D eigenvalue weighted by Gasteiger charge is 2.14. The minimum Gasteiger partial charge on any atom is -0.361 e. The van der Waals surface area contributed by atoms with Crippen molar-refractivity contribution in [3.8, 4) is 0 Å². The Kier molecular flexibility index (Phi) is 4.42. The highest BCUT2D eigenvalue weighted by Crippen LogP contribution is 2.17. The van der Waals surface area contributed by atoms with Gasteiger partial charge in [0.15, 0.2) is 0 Å². The van der Waals surface area contributed by atoms with E-state index in [0.717, 1.165) is 0 Å². The van der Waals surface area contributed by atoms with Crippen LogP contribution >= 0.6 is 0 Å². The minimum atomic E-state index is -0.488. The Morgan fingerprint density at radius 2 is 2.05 bits per heavy atom. The first kappa shape index (κ1) is 14.9. The summed E-state index contributed by atoms with van der Waals surface area (Å²) in [5, 5.41) is 16.3. The topological polar surface area (TPSA) is 97.2 Å². The molecule has 1 amide bonds. The largest absolute Gasteiger partial charge is 0.361 e. The van der Waals surface area contributed by atoms with Crippen molar-refractivity contribution in [3.05, 3.63) is 27.9 Å². The summed E-state index contributed by atoms with van der Waals surface area (Å²) in [5.41, 5.74) is -0.0201. The predicted molar refractivity (Wildman–Crippen MR) is 72.0 cm³/mol. The molecule has 1 heterocycles. The number of aryl methyl sites for hydroxylation is 1. The third-order valence-corrected chi connectivity index (χ3v) is 2.20. The zero-order chi connectivity index (χ0) is 14.6. The Hall–Kier alpha value is -2.18. The quantitative estimate of drug-likeness (QED) is 0.637. The molecular weight excluding hydrogens is 248 g/mol. The number of carbonyl (C=O) groups is 1. The molecule has 0 aliphatic carbocycles. The number of nitrogens with one attached hydrogen (secondary N) is 2. The number of hydrogen-bond donors (Lipinski definition) is 2. The number of aromatic nitrogens is 1. The van der Waals surface area contributed by atoms with Crippen LogP contribution in [-0.4, -0.2) is 27.9 Å². The summed E-state index contributed by atoms with van der Waals surface area (Å²) >= 11 is 0. The van der Waals surface area contributed by atoms with Gasteiger partial charge >= 0.3 is 0 Å². The second kappa shape index (κ2) is 5.64. The van der Waals surface area contributed by atoms with Crippen LogP contribution in [0.2, 0.25) is 0 Å². The zero-order valence-electron chi connectivity index (χ0n) is 11.5. The lowest BCUT2D eigenvalue weighted by Gasteiger charge is -2.20. The van der Waals surface area contributed by atoms with Gasteiger partial charge < -0.3 is 10.6 Å². The van der Waals surface area contributed by atoms with E-state index in [1.165, 1.54) is 12.1 Å². The van der Waals surface area contributed by atoms with Crippen LogP contribution in [-0.2, 0) is 4.79 Å². The molecule has 0 aliphatic rings. The standard InChI is InChI=1S/C12H18N4O3/c1-8-9(16(18)19)5-6-10(14-8)13-7-11(17)15-12(2,3)4/h5-6H,7H2,1-4H3,(H,13,14)(H,15,17). The molecule has 0 unspecified atom stereocenters. The first-order valence-electron chi connectivity index (χ1n) is 5.86. The molecule has 104 valence electrons. The number of hydrogen-bond acceptors (Lipinski definition) is 5. The molecule has 7 nitrogen and oxygen atoms in total. The number of carbonyl (C=O) groups excluding carboxylic acids is 1. The Labute approximate surface area is 111 Å². The van der Waals surface area contributed by atoms with Gasteiger partial charge in [-0.15, -0.1) is 0 Å². The normalized spacial score (nSPS) is 10.9. The van der Waals surface area contributed by atoms with Crippen molar-refractivity contribution in [1.82, 2.24) is 10.3 Å². The molecule has 1 aromatic heterocycles. The van der Waals surface area contributed by atoms with Crippen LogP contribution < -0.4 is 10.6 Å². The smallest absolute Gasteiger partial charge is 0.290 e. The van der Waals surface area contributed by atoms with E-state index in [2.05, 4.69) is 15.6 Å². The van der Waals surface area contributed by atoms with Gasteiger partial charge in [-0.1, -0.05) is 0 Å². The summed E-state index contributed by atoms with van der Waals surface area (Å²) < 4.78 is 0. The lowest BCUT2D eigenvalue weighted by atomic mass is 10.1. The molecule has 0 spiro atoms. The van der Waals surface area contributed by atoms with Gasteiger partial charge in [-0.2, -0.15) is 0 Å². The van der Waals surface area contributed by atoms with E-state index in [0.29, 0.717) is 11.5 Å². The number of anilines is 1. The van der Waals surface area contributed by atoms with E-state index in [4.69, 9.17) is 0 Å². The SMILES string of the molecule is Cc1nc(NCC(=O)NC(C)(C)C)ccc1[N+](=O)[O-]. The number of nitro groups is 1. The summed E-state index contributed by atoms with van der Waals surface area (Å²) in [5.74, 6) is 0.275. The molecule has 0 atom stereocenters. The lowest BCUT2D eigenvalue weighted by molar-refractivity contribution is -0.385. The molecule has 1 rings (SSSR count). The molecule has 0 saturated heterocycles. The van der Waals surface area contributed by atoms with Crippen molar-refractivity contribution in [2.45, 2.75) is 33.2 Å². The Morgan fingerprint density at radius 1 is 1.42 bits per heavy atom. The van der Waals surface area contributed by atoms with Crippen molar-refractivity contribution in [2.75, 3.05) is 11.9 Å². The Morgan fingerprint density at radius 3 is 2.53 bits per heavy atom. The summed E-state index contributed by atoms with van der Waals surface area (Å²) in [6, 6.07) is 2.85. The van der Waals surface area contributed by atoms with Crippen molar-refractivity contribution in [1.29, 1.82) is 0 Å². The molecular formula is C12H18N4O3. The van der Waals surface area contributed by atoms with Crippen LogP contribution in [0.4, 0.5) is 11.5 Å². The fourth-order valence-electron chi connectivity index (χ4n) is 1.48. The van der Waals surface area contributed by atoms with Gasteiger partial charge in [0, 0.05) is 11.6 Å². The molecule has 0 bridgehead atoms. The van der Waals surface area contributed by atoms with Gasteiger partial charge in [-0.25, -0.2) is 4.98 Å². The Balaban J connectivity index is 2.62. The summed E-state index contributed by atoms with van der Waals surface area (Å²) in [4.78, 5) is 25.8. The molecule has 0 fully saturated rings. The van der Waals surface area contributed by atoms with Gasteiger partial charge in [-0.3, -0.25) is 14.9 Å². The van der Waals surface area contributed by atoms with Crippen molar-refractivity contribution < 1.29 is 9.72 Å². The zero-order valence-corrected chi connectivity index (χ0v) is 11.5. The van der Waals surface area contributed by atoms with E-state index >= 15 is 0 Å². The average Bonchev–Trinajstić information content (AvgIpc) is 2.23. The van der Waals surface area contributed by atoms with E-state index in [-0.39, 0.29) is 23.7 Å². The second-order valence-electron chi connectivity index (χ2n) is 5.21. The van der Waals surface area contributed by atoms with Crippen LogP contribution in [0.25, 0.3) is 0 Å². The fraction of sp³-hybridized carbons (Fsp3) is 0.500. The van der Waals surface area contributed by atoms with Crippen LogP contribution in [0.15, 0.2) is 12.1 Å². The third-order valence-electron chi connectivity index (χ3n) is 2.20. The number of rotatable bonds is 4. The predicted octanol–water partition coefficient (Wildman–Crippen LogP) is 1.62. The molecule has 19 heavy (non-hydrogen) atoms. The number of nitrogens with zero attached hydrogens (tertiary/aromatic N) is 2. The first-order chi connectivity index (χ1) is 8.69. The number of amides is 1. The average molecular weight is 266 g/mol. The van der Waals surface area contributed by atoms with Gasteiger partial charge in [-0.05, 0) is 33.8 Å². The number of pyridine rings is 1. The van der Waals surface area contributed by atoms with Crippen molar-refractivity contribution in [3.63, 3.8) is 0 Å². The summed E-state index contributed by atoms with van der Waals surface area (Å²) in [6.07, 6.45) is 0. The fourth-order valence-corrected chi connectivity index (χ4v) is 1.48. The first-order valence-corrected chi connectivity index (χ1v) is 5.86. The maximum Gasteiger partial charge on any atom is 0.290 e. The molecule has 0 saturated carbocycles. The highest BCUT2D eigenvalue weighted by atomic mass is 16.6. The Bertz CT molecular complexity index is 494. The molecule has 2 N–H and O–H groups in total. The van der Waals surface area contributed by atoms with Crippen LogP contribution in [0.5, 0.6) is 0 Å². The maximum atomic E-state index is 11.6. The van der Waals surface area contributed by atoms with E-state index in [9.17, 15) is 14.9 Å². The maximum absolute atomic E-state index is 11.6. The van der Waals surface area contributed by atoms with Crippen LogP contribution in [0, 0.1) is 17.0 Å². The lowest BCUT2D eigenvalue weighted by Crippen LogP contribution is -2.43. The second-order valence-corrected chi connectivity index (χ2v) is 5.21. The molecule has 0 aliphatic heterocycles. The molecule has 0 aromatic carbocycles. The van der Waals surface area contributed by atoms with Crippen molar-refractivity contribution in [2.24, 2.45) is 0 Å². The monoisotopic (exact) mass is 266 g/mol. The summed E-state index contributed by atoms with van der Waals surface area (Å²) in [7, 11) is 0. The highest BCUT2D eigenvalue weighted by molar-refractivity contribution is 5.81. The molecule has 7 heteroatoms. The van der Waals surface area contributed by atoms with Gasteiger partial charge in [0.25, 0.3) is 5.69 Å². The van der Waals surface area contributed by atoms with Gasteiger partial charge in [0.2, 0.25) is 5.91 Å². The van der Waals surface area contributed by atoms with Gasteiger partial charge in [0.1, 0.15) is 11.5 Å². The van der Waals surface area contributed by atoms with Crippen molar-refractivity contribution >= 4 is 17.4 Å². The third kappa shape index (κ3) is 4.90. The van der Waals surface area contributed by atoms with Crippen LogP contribution in [0.1, 0.15) is 26.5 Å². The minimum absolute atomic E-state index is 0.0373. The summed E-state index contributed by atoms with van der Waals surface area (Å²) in [6.45, 7) is 7.29. The van der Waals surface area contributed by atoms with E-state index < -0.39 is 4.92 Å². The molecule has 0 radical (unpaired) electrons.